The predicted molar refractivity (Wildman–Crippen MR) is 93.9 cm³/mol. The third kappa shape index (κ3) is 5.78. The van der Waals surface area contributed by atoms with E-state index in [1.165, 1.54) is 16.7 Å². The number of benzene rings is 2. The zero-order valence-corrected chi connectivity index (χ0v) is 14.2. The molecule has 2 rings (SSSR count). The predicted octanol–water partition coefficient (Wildman–Crippen LogP) is 3.74. The molecule has 0 saturated carbocycles. The molecule has 0 aliphatic rings. The molecule has 2 aromatic carbocycles. The number of aryl methyl sites for hydroxylation is 4. The van der Waals surface area contributed by atoms with Gasteiger partial charge < -0.3 is 10.1 Å². The van der Waals surface area contributed by atoms with Gasteiger partial charge in [0.25, 0.3) is 5.91 Å². The molecule has 0 bridgehead atoms. The lowest BCUT2D eigenvalue weighted by Gasteiger charge is -2.10. The maximum atomic E-state index is 11.8. The van der Waals surface area contributed by atoms with Crippen molar-refractivity contribution < 1.29 is 9.53 Å². The van der Waals surface area contributed by atoms with Crippen LogP contribution in [0.15, 0.2) is 42.5 Å². The van der Waals surface area contributed by atoms with Gasteiger partial charge in [0.2, 0.25) is 0 Å². The molecule has 0 heterocycles. The topological polar surface area (TPSA) is 38.3 Å². The van der Waals surface area contributed by atoms with Crippen LogP contribution in [0.2, 0.25) is 0 Å². The third-order valence-electron chi connectivity index (χ3n) is 3.74. The number of ether oxygens (including phenoxy) is 1. The average molecular weight is 311 g/mol. The van der Waals surface area contributed by atoms with Crippen LogP contribution < -0.4 is 10.1 Å². The van der Waals surface area contributed by atoms with Crippen molar-refractivity contribution in [3.8, 4) is 5.75 Å². The van der Waals surface area contributed by atoms with Gasteiger partial charge in [-0.3, -0.25) is 4.79 Å². The van der Waals surface area contributed by atoms with E-state index in [0.29, 0.717) is 6.54 Å². The van der Waals surface area contributed by atoms with E-state index in [0.717, 1.165) is 24.2 Å². The Labute approximate surface area is 138 Å². The molecule has 23 heavy (non-hydrogen) atoms. The highest BCUT2D eigenvalue weighted by atomic mass is 16.5. The fourth-order valence-electron chi connectivity index (χ4n) is 2.54. The van der Waals surface area contributed by atoms with Crippen LogP contribution in [0.5, 0.6) is 5.75 Å². The maximum absolute atomic E-state index is 11.8. The normalized spacial score (nSPS) is 10.4. The van der Waals surface area contributed by atoms with Crippen LogP contribution in [-0.2, 0) is 11.2 Å². The van der Waals surface area contributed by atoms with Crippen molar-refractivity contribution >= 4 is 5.91 Å². The quantitative estimate of drug-likeness (QED) is 0.791. The molecular weight excluding hydrogens is 286 g/mol. The van der Waals surface area contributed by atoms with E-state index in [9.17, 15) is 4.79 Å². The van der Waals surface area contributed by atoms with Crippen LogP contribution in [0.1, 0.15) is 28.7 Å². The second-order valence-electron chi connectivity index (χ2n) is 6.00. The summed E-state index contributed by atoms with van der Waals surface area (Å²) in [5, 5.41) is 2.90. The first-order valence-corrected chi connectivity index (χ1v) is 8.07. The summed E-state index contributed by atoms with van der Waals surface area (Å²) in [6, 6.07) is 14.4. The molecule has 0 atom stereocenters. The molecular formula is C20H25NO2. The molecule has 122 valence electrons. The SMILES string of the molecule is Cc1cccc(CCCNC(=O)COc2ccc(C)cc2C)c1. The Bertz CT molecular complexity index is 664. The lowest BCUT2D eigenvalue weighted by molar-refractivity contribution is -0.123. The van der Waals surface area contributed by atoms with E-state index in [4.69, 9.17) is 4.74 Å². The Balaban J connectivity index is 1.67. The van der Waals surface area contributed by atoms with E-state index in [1.807, 2.05) is 26.0 Å². The van der Waals surface area contributed by atoms with Crippen molar-refractivity contribution in [3.63, 3.8) is 0 Å². The number of carbonyl (C=O) groups is 1. The number of hydrogen-bond acceptors (Lipinski definition) is 2. The van der Waals surface area contributed by atoms with Crippen LogP contribution in [0.4, 0.5) is 0 Å². The molecule has 0 unspecified atom stereocenters. The van der Waals surface area contributed by atoms with Crippen molar-refractivity contribution in [1.29, 1.82) is 0 Å². The number of rotatable bonds is 7. The van der Waals surface area contributed by atoms with E-state index in [1.54, 1.807) is 0 Å². The Morgan fingerprint density at radius 2 is 1.83 bits per heavy atom. The molecule has 1 amide bonds. The summed E-state index contributed by atoms with van der Waals surface area (Å²) in [6.45, 7) is 6.85. The highest BCUT2D eigenvalue weighted by Gasteiger charge is 2.04. The fraction of sp³-hybridized carbons (Fsp3) is 0.350. The first-order chi connectivity index (χ1) is 11.0. The Morgan fingerprint density at radius 1 is 1.04 bits per heavy atom. The van der Waals surface area contributed by atoms with Gasteiger partial charge in [0.1, 0.15) is 5.75 Å². The Morgan fingerprint density at radius 3 is 2.57 bits per heavy atom. The van der Waals surface area contributed by atoms with Crippen molar-refractivity contribution in [2.24, 2.45) is 0 Å². The van der Waals surface area contributed by atoms with Crippen LogP contribution in [-0.4, -0.2) is 19.1 Å². The van der Waals surface area contributed by atoms with Crippen LogP contribution in [0.3, 0.4) is 0 Å². The van der Waals surface area contributed by atoms with Gasteiger partial charge in [-0.2, -0.15) is 0 Å². The number of amides is 1. The summed E-state index contributed by atoms with van der Waals surface area (Å²) < 4.78 is 5.57. The molecule has 2 aromatic rings. The molecule has 0 aliphatic heterocycles. The smallest absolute Gasteiger partial charge is 0.257 e. The van der Waals surface area contributed by atoms with Crippen molar-refractivity contribution in [2.45, 2.75) is 33.6 Å². The molecule has 3 heteroatoms. The largest absolute Gasteiger partial charge is 0.484 e. The molecule has 0 aliphatic carbocycles. The molecule has 0 fully saturated rings. The average Bonchev–Trinajstić information content (AvgIpc) is 2.51. The number of carbonyl (C=O) groups excluding carboxylic acids is 1. The summed E-state index contributed by atoms with van der Waals surface area (Å²) in [4.78, 5) is 11.8. The first kappa shape index (κ1) is 17.1. The van der Waals surface area contributed by atoms with Crippen LogP contribution in [0, 0.1) is 20.8 Å². The van der Waals surface area contributed by atoms with Gasteiger partial charge in [-0.25, -0.2) is 0 Å². The summed E-state index contributed by atoms with van der Waals surface area (Å²) in [5.41, 5.74) is 4.83. The summed E-state index contributed by atoms with van der Waals surface area (Å²) in [7, 11) is 0. The fourth-order valence-corrected chi connectivity index (χ4v) is 2.54. The summed E-state index contributed by atoms with van der Waals surface area (Å²) in [6.07, 6.45) is 1.90. The minimum atomic E-state index is -0.0748. The van der Waals surface area contributed by atoms with Crippen LogP contribution >= 0.6 is 0 Å². The van der Waals surface area contributed by atoms with Gasteiger partial charge in [0.15, 0.2) is 6.61 Å². The van der Waals surface area contributed by atoms with E-state index in [2.05, 4.69) is 42.6 Å². The molecule has 0 saturated heterocycles. The lowest BCUT2D eigenvalue weighted by atomic mass is 10.1. The third-order valence-corrected chi connectivity index (χ3v) is 3.74. The number of nitrogens with one attached hydrogen (secondary N) is 1. The maximum Gasteiger partial charge on any atom is 0.257 e. The minimum Gasteiger partial charge on any atom is -0.484 e. The zero-order chi connectivity index (χ0) is 16.7. The highest BCUT2D eigenvalue weighted by Crippen LogP contribution is 2.18. The first-order valence-electron chi connectivity index (χ1n) is 8.07. The minimum absolute atomic E-state index is 0.0638. The van der Waals surface area contributed by atoms with E-state index < -0.39 is 0 Å². The molecule has 0 aromatic heterocycles. The zero-order valence-electron chi connectivity index (χ0n) is 14.2. The van der Waals surface area contributed by atoms with Crippen LogP contribution in [0.25, 0.3) is 0 Å². The Hall–Kier alpha value is -2.29. The van der Waals surface area contributed by atoms with E-state index >= 15 is 0 Å². The van der Waals surface area contributed by atoms with Crippen molar-refractivity contribution in [1.82, 2.24) is 5.32 Å². The van der Waals surface area contributed by atoms with Gasteiger partial charge in [-0.15, -0.1) is 0 Å². The summed E-state index contributed by atoms with van der Waals surface area (Å²) >= 11 is 0. The standard InChI is InChI=1S/C20H25NO2/c1-15-6-4-7-18(13-15)8-5-11-21-20(22)14-23-19-10-9-16(2)12-17(19)3/h4,6-7,9-10,12-13H,5,8,11,14H2,1-3H3,(H,21,22). The molecule has 0 spiro atoms. The second kappa shape index (κ2) is 8.37. The molecule has 0 radical (unpaired) electrons. The van der Waals surface area contributed by atoms with Gasteiger partial charge in [-0.1, -0.05) is 47.5 Å². The van der Waals surface area contributed by atoms with E-state index in [-0.39, 0.29) is 12.5 Å². The highest BCUT2D eigenvalue weighted by molar-refractivity contribution is 5.77. The Kier molecular flexibility index (Phi) is 6.21. The second-order valence-corrected chi connectivity index (χ2v) is 6.00. The monoisotopic (exact) mass is 311 g/mol. The molecule has 3 nitrogen and oxygen atoms in total. The van der Waals surface area contributed by atoms with Gasteiger partial charge >= 0.3 is 0 Å². The lowest BCUT2D eigenvalue weighted by Crippen LogP contribution is -2.30. The van der Waals surface area contributed by atoms with Crippen molar-refractivity contribution in [3.05, 3.63) is 64.7 Å². The molecule has 1 N–H and O–H groups in total. The summed E-state index contributed by atoms with van der Waals surface area (Å²) in [5.74, 6) is 0.694. The van der Waals surface area contributed by atoms with Gasteiger partial charge in [0.05, 0.1) is 0 Å². The van der Waals surface area contributed by atoms with Crippen molar-refractivity contribution in [2.75, 3.05) is 13.2 Å². The van der Waals surface area contributed by atoms with Gasteiger partial charge in [-0.05, 0) is 50.8 Å². The van der Waals surface area contributed by atoms with Gasteiger partial charge in [0, 0.05) is 6.54 Å². The number of hydrogen-bond donors (Lipinski definition) is 1.